The van der Waals surface area contributed by atoms with Crippen molar-refractivity contribution < 1.29 is 0 Å². The minimum Gasteiger partial charge on any atom is -0.313 e. The molecule has 4 heteroatoms. The van der Waals surface area contributed by atoms with Crippen LogP contribution < -0.4 is 0 Å². The first-order chi connectivity index (χ1) is 25.0. The van der Waals surface area contributed by atoms with E-state index in [4.69, 9.17) is 4.98 Å². The summed E-state index contributed by atoms with van der Waals surface area (Å²) in [7, 11) is 0. The van der Waals surface area contributed by atoms with Crippen LogP contribution in [0.15, 0.2) is 146 Å². The minimum absolute atomic E-state index is 0.176. The first-order valence-corrected chi connectivity index (χ1v) is 18.3. The molecule has 0 aliphatic heterocycles. The van der Waals surface area contributed by atoms with Gasteiger partial charge >= 0.3 is 0 Å². The van der Waals surface area contributed by atoms with E-state index in [1.54, 1.807) is 0 Å². The standard InChI is InChI=1S/C47H35N3S/c1-5-6-18-33-29(2)49(32-27-25-30(26-28-32)46-48-37-22-13-14-23-38(37)50(46)31-16-8-7-9-17-31)44-40(33)43-41(34-19-10-12-21-36(34)47(43,3)4)45-42(44)35-20-11-15-24-39(35)51-45/h5-28H,1H2,2-4H3/b18-6-. The normalized spacial score (nSPS) is 13.5. The summed E-state index contributed by atoms with van der Waals surface area (Å²) in [6.45, 7) is 11.1. The lowest BCUT2D eigenvalue weighted by atomic mass is 9.80. The Hall–Kier alpha value is -5.97. The second kappa shape index (κ2) is 11.0. The maximum absolute atomic E-state index is 5.15. The molecule has 10 rings (SSSR count). The number of hydrogen-bond donors (Lipinski definition) is 0. The number of thiophene rings is 1. The average molecular weight is 674 g/mol. The van der Waals surface area contributed by atoms with Gasteiger partial charge in [-0.15, -0.1) is 11.3 Å². The Balaban J connectivity index is 1.29. The van der Waals surface area contributed by atoms with Crippen LogP contribution in [-0.4, -0.2) is 14.1 Å². The molecule has 1 aliphatic carbocycles. The third-order valence-corrected chi connectivity index (χ3v) is 12.1. The van der Waals surface area contributed by atoms with Crippen molar-refractivity contribution in [2.24, 2.45) is 0 Å². The van der Waals surface area contributed by atoms with Crippen molar-refractivity contribution in [3.8, 4) is 33.9 Å². The van der Waals surface area contributed by atoms with E-state index in [-0.39, 0.29) is 5.41 Å². The number of imidazole rings is 1. The monoisotopic (exact) mass is 673 g/mol. The summed E-state index contributed by atoms with van der Waals surface area (Å²) in [5.41, 5.74) is 14.5. The Kier molecular flexibility index (Phi) is 6.46. The molecule has 51 heavy (non-hydrogen) atoms. The molecule has 6 aromatic carbocycles. The van der Waals surface area contributed by atoms with Gasteiger partial charge in [-0.05, 0) is 78.2 Å². The van der Waals surface area contributed by atoms with Gasteiger partial charge in [0.15, 0.2) is 0 Å². The Labute approximate surface area is 301 Å². The fourth-order valence-electron chi connectivity index (χ4n) is 8.66. The van der Waals surface area contributed by atoms with Gasteiger partial charge in [-0.3, -0.25) is 4.57 Å². The Morgan fingerprint density at radius 1 is 0.725 bits per heavy atom. The molecule has 0 atom stereocenters. The van der Waals surface area contributed by atoms with Crippen molar-refractivity contribution in [3.05, 3.63) is 169 Å². The van der Waals surface area contributed by atoms with Crippen LogP contribution in [0.5, 0.6) is 0 Å². The lowest BCUT2D eigenvalue weighted by Gasteiger charge is -2.23. The van der Waals surface area contributed by atoms with E-state index in [1.165, 1.54) is 64.6 Å². The first kappa shape index (κ1) is 29.9. The number of fused-ring (bicyclic) bond motifs is 11. The van der Waals surface area contributed by atoms with Crippen LogP contribution in [0.2, 0.25) is 0 Å². The molecule has 3 aromatic heterocycles. The van der Waals surface area contributed by atoms with Gasteiger partial charge in [0.25, 0.3) is 0 Å². The minimum atomic E-state index is -0.176. The van der Waals surface area contributed by atoms with E-state index in [1.807, 2.05) is 17.4 Å². The van der Waals surface area contributed by atoms with Crippen LogP contribution in [0.3, 0.4) is 0 Å². The van der Waals surface area contributed by atoms with Crippen molar-refractivity contribution >= 4 is 59.5 Å². The molecule has 0 saturated carbocycles. The molecule has 3 heterocycles. The predicted octanol–water partition coefficient (Wildman–Crippen LogP) is 12.8. The highest BCUT2D eigenvalue weighted by Gasteiger charge is 2.41. The van der Waals surface area contributed by atoms with Crippen molar-refractivity contribution in [3.63, 3.8) is 0 Å². The van der Waals surface area contributed by atoms with Crippen LogP contribution >= 0.6 is 11.3 Å². The quantitative estimate of drug-likeness (QED) is 0.167. The molecular weight excluding hydrogens is 639 g/mol. The molecule has 0 saturated heterocycles. The van der Waals surface area contributed by atoms with Gasteiger partial charge in [0.05, 0.1) is 16.6 Å². The zero-order valence-corrected chi connectivity index (χ0v) is 29.6. The smallest absolute Gasteiger partial charge is 0.145 e. The van der Waals surface area contributed by atoms with Gasteiger partial charge in [0.2, 0.25) is 0 Å². The molecule has 1 aliphatic rings. The van der Waals surface area contributed by atoms with Crippen molar-refractivity contribution in [2.45, 2.75) is 26.2 Å². The third kappa shape index (κ3) is 4.14. The van der Waals surface area contributed by atoms with Crippen molar-refractivity contribution in [1.82, 2.24) is 14.1 Å². The third-order valence-electron chi connectivity index (χ3n) is 10.9. The lowest BCUT2D eigenvalue weighted by molar-refractivity contribution is 0.666. The molecule has 0 radical (unpaired) electrons. The number of aromatic nitrogens is 3. The summed E-state index contributed by atoms with van der Waals surface area (Å²) >= 11 is 1.93. The summed E-state index contributed by atoms with van der Waals surface area (Å²) in [5.74, 6) is 0.932. The topological polar surface area (TPSA) is 22.8 Å². The van der Waals surface area contributed by atoms with E-state index in [0.717, 1.165) is 33.8 Å². The summed E-state index contributed by atoms with van der Waals surface area (Å²) < 4.78 is 7.45. The molecule has 0 amide bonds. The first-order valence-electron chi connectivity index (χ1n) is 17.5. The average Bonchev–Trinajstić information content (AvgIpc) is 3.88. The molecule has 244 valence electrons. The number of benzene rings is 6. The highest BCUT2D eigenvalue weighted by Crippen LogP contribution is 2.58. The fourth-order valence-corrected chi connectivity index (χ4v) is 9.93. The number of rotatable bonds is 5. The van der Waals surface area contributed by atoms with E-state index in [9.17, 15) is 0 Å². The summed E-state index contributed by atoms with van der Waals surface area (Å²) in [5, 5.41) is 3.96. The van der Waals surface area contributed by atoms with Crippen molar-refractivity contribution in [2.75, 3.05) is 0 Å². The number of para-hydroxylation sites is 3. The molecule has 0 fully saturated rings. The highest BCUT2D eigenvalue weighted by atomic mass is 32.1. The zero-order valence-electron chi connectivity index (χ0n) is 28.8. The number of allylic oxidation sites excluding steroid dienone is 2. The van der Waals surface area contributed by atoms with E-state index in [2.05, 4.69) is 176 Å². The zero-order chi connectivity index (χ0) is 34.4. The van der Waals surface area contributed by atoms with Crippen LogP contribution in [0.4, 0.5) is 0 Å². The van der Waals surface area contributed by atoms with Crippen LogP contribution in [0.25, 0.3) is 82.1 Å². The molecule has 0 unspecified atom stereocenters. The Bertz CT molecular complexity index is 2890. The van der Waals surface area contributed by atoms with Gasteiger partial charge in [-0.1, -0.05) is 111 Å². The van der Waals surface area contributed by atoms with Crippen LogP contribution in [0.1, 0.15) is 36.2 Å². The molecule has 0 N–H and O–H groups in total. The maximum Gasteiger partial charge on any atom is 0.145 e. The van der Waals surface area contributed by atoms with Gasteiger partial charge in [-0.25, -0.2) is 4.98 Å². The second-order valence-electron chi connectivity index (χ2n) is 14.0. The largest absolute Gasteiger partial charge is 0.313 e. The highest BCUT2D eigenvalue weighted by molar-refractivity contribution is 7.26. The molecule has 3 nitrogen and oxygen atoms in total. The van der Waals surface area contributed by atoms with Gasteiger partial charge < -0.3 is 4.57 Å². The van der Waals surface area contributed by atoms with E-state index in [0.29, 0.717) is 0 Å². The van der Waals surface area contributed by atoms with Gasteiger partial charge in [0.1, 0.15) is 5.82 Å². The van der Waals surface area contributed by atoms with Crippen molar-refractivity contribution in [1.29, 1.82) is 0 Å². The molecule has 9 aromatic rings. The number of hydrogen-bond acceptors (Lipinski definition) is 2. The summed E-state index contributed by atoms with van der Waals surface area (Å²) in [6, 6.07) is 45.8. The summed E-state index contributed by atoms with van der Waals surface area (Å²) in [4.78, 5) is 5.15. The van der Waals surface area contributed by atoms with Crippen LogP contribution in [-0.2, 0) is 5.41 Å². The molecule has 0 spiro atoms. The predicted molar refractivity (Wildman–Crippen MR) is 218 cm³/mol. The van der Waals surface area contributed by atoms with Gasteiger partial charge in [0, 0.05) is 64.7 Å². The van der Waals surface area contributed by atoms with E-state index < -0.39 is 0 Å². The number of nitrogens with zero attached hydrogens (tertiary/aromatic N) is 3. The maximum atomic E-state index is 5.15. The lowest BCUT2D eigenvalue weighted by Crippen LogP contribution is -2.15. The van der Waals surface area contributed by atoms with Crippen LogP contribution in [0, 0.1) is 6.92 Å². The molecule has 0 bridgehead atoms. The second-order valence-corrected chi connectivity index (χ2v) is 15.1. The summed E-state index contributed by atoms with van der Waals surface area (Å²) in [6.07, 6.45) is 6.23. The Morgan fingerprint density at radius 2 is 1.43 bits per heavy atom. The van der Waals surface area contributed by atoms with Gasteiger partial charge in [-0.2, -0.15) is 0 Å². The Morgan fingerprint density at radius 3 is 2.25 bits per heavy atom. The molecular formula is C47H35N3S. The van der Waals surface area contributed by atoms with E-state index >= 15 is 0 Å². The SMILES string of the molecule is C=C/C=C\c1c(C)n(-c2ccc(-c3nc4ccccc4n3-c3ccccc3)cc2)c2c1c1c(c3sc4ccccc4c32)-c2ccccc2C1(C)C. The fraction of sp³-hybridized carbons (Fsp3) is 0.0851.